The Morgan fingerprint density at radius 1 is 1.60 bits per heavy atom. The number of aldehydes is 1. The lowest BCUT2D eigenvalue weighted by Crippen LogP contribution is -2.17. The summed E-state index contributed by atoms with van der Waals surface area (Å²) < 4.78 is 18.3. The molecular formula is C11H13FO3. The average Bonchev–Trinajstić information content (AvgIpc) is 2.26. The van der Waals surface area contributed by atoms with E-state index in [2.05, 4.69) is 0 Å². The van der Waals surface area contributed by atoms with E-state index in [1.807, 2.05) is 0 Å². The minimum atomic E-state index is -0.649. The van der Waals surface area contributed by atoms with Crippen LogP contribution in [0, 0.1) is 5.82 Å². The number of benzene rings is 1. The van der Waals surface area contributed by atoms with Gasteiger partial charge in [-0.1, -0.05) is 13.0 Å². The predicted octanol–water partition coefficient (Wildman–Crippen LogP) is 1.79. The van der Waals surface area contributed by atoms with Gasteiger partial charge in [0.05, 0.1) is 11.7 Å². The van der Waals surface area contributed by atoms with Gasteiger partial charge in [-0.2, -0.15) is 0 Å². The summed E-state index contributed by atoms with van der Waals surface area (Å²) in [6.45, 7) is 1.77. The van der Waals surface area contributed by atoms with E-state index >= 15 is 0 Å². The fraction of sp³-hybridized carbons (Fsp3) is 0.364. The monoisotopic (exact) mass is 212 g/mol. The van der Waals surface area contributed by atoms with Crippen LogP contribution in [0.1, 0.15) is 23.7 Å². The van der Waals surface area contributed by atoms with Crippen molar-refractivity contribution in [2.24, 2.45) is 0 Å². The number of para-hydroxylation sites is 1. The fourth-order valence-electron chi connectivity index (χ4n) is 1.07. The van der Waals surface area contributed by atoms with Crippen molar-refractivity contribution >= 4 is 6.29 Å². The largest absolute Gasteiger partial charge is 0.487 e. The van der Waals surface area contributed by atoms with Crippen LogP contribution >= 0.6 is 0 Å². The number of rotatable bonds is 5. The second-order valence-corrected chi connectivity index (χ2v) is 3.15. The summed E-state index contributed by atoms with van der Waals surface area (Å²) in [5, 5.41) is 9.24. The molecule has 3 nitrogen and oxygen atoms in total. The first kappa shape index (κ1) is 11.7. The Hall–Kier alpha value is -1.42. The van der Waals surface area contributed by atoms with Gasteiger partial charge in [0.2, 0.25) is 0 Å². The number of aliphatic hydroxyl groups excluding tert-OH is 1. The van der Waals surface area contributed by atoms with Gasteiger partial charge in [-0.05, 0) is 18.6 Å². The van der Waals surface area contributed by atoms with Crippen molar-refractivity contribution in [1.29, 1.82) is 0 Å². The zero-order valence-electron chi connectivity index (χ0n) is 8.44. The highest BCUT2D eigenvalue weighted by molar-refractivity contribution is 5.79. The van der Waals surface area contributed by atoms with Gasteiger partial charge in [0.15, 0.2) is 17.9 Å². The quantitative estimate of drug-likeness (QED) is 0.757. The van der Waals surface area contributed by atoms with Crippen molar-refractivity contribution in [3.63, 3.8) is 0 Å². The zero-order chi connectivity index (χ0) is 11.3. The van der Waals surface area contributed by atoms with Crippen molar-refractivity contribution < 1.29 is 19.0 Å². The van der Waals surface area contributed by atoms with Gasteiger partial charge in [-0.15, -0.1) is 0 Å². The second-order valence-electron chi connectivity index (χ2n) is 3.15. The molecule has 0 aliphatic carbocycles. The summed E-state index contributed by atoms with van der Waals surface area (Å²) in [6, 6.07) is 4.10. The molecule has 1 N–H and O–H groups in total. The molecule has 1 atom stereocenters. The van der Waals surface area contributed by atoms with E-state index < -0.39 is 11.9 Å². The maximum Gasteiger partial charge on any atom is 0.165 e. The molecule has 0 radical (unpaired) electrons. The lowest BCUT2D eigenvalue weighted by atomic mass is 10.2. The van der Waals surface area contributed by atoms with Crippen molar-refractivity contribution in [1.82, 2.24) is 0 Å². The Kier molecular flexibility index (Phi) is 4.24. The van der Waals surface area contributed by atoms with Crippen LogP contribution in [-0.2, 0) is 0 Å². The lowest BCUT2D eigenvalue weighted by molar-refractivity contribution is 0.0993. The predicted molar refractivity (Wildman–Crippen MR) is 53.6 cm³/mol. The summed E-state index contributed by atoms with van der Waals surface area (Å²) >= 11 is 0. The molecule has 15 heavy (non-hydrogen) atoms. The summed E-state index contributed by atoms with van der Waals surface area (Å²) in [5.41, 5.74) is 0.151. The number of aliphatic hydroxyl groups is 1. The van der Waals surface area contributed by atoms with Gasteiger partial charge in [-0.25, -0.2) is 4.39 Å². The standard InChI is InChI=1S/C11H13FO3/c1-2-9(14)7-15-11-8(6-13)4-3-5-10(11)12/h3-6,9,14H,2,7H2,1H3. The van der Waals surface area contributed by atoms with Gasteiger partial charge < -0.3 is 9.84 Å². The molecule has 4 heteroatoms. The summed E-state index contributed by atoms with van der Waals surface area (Å²) in [7, 11) is 0. The van der Waals surface area contributed by atoms with E-state index in [1.54, 1.807) is 6.92 Å². The highest BCUT2D eigenvalue weighted by Gasteiger charge is 2.10. The third-order valence-electron chi connectivity index (χ3n) is 2.02. The van der Waals surface area contributed by atoms with E-state index in [-0.39, 0.29) is 17.9 Å². The van der Waals surface area contributed by atoms with Crippen molar-refractivity contribution in [2.45, 2.75) is 19.4 Å². The molecule has 1 unspecified atom stereocenters. The molecule has 82 valence electrons. The Morgan fingerprint density at radius 3 is 2.93 bits per heavy atom. The molecule has 0 spiro atoms. The summed E-state index contributed by atoms with van der Waals surface area (Å²) in [6.07, 6.45) is 0.394. The fourth-order valence-corrected chi connectivity index (χ4v) is 1.07. The highest BCUT2D eigenvalue weighted by Crippen LogP contribution is 2.21. The van der Waals surface area contributed by atoms with E-state index in [0.29, 0.717) is 12.7 Å². The van der Waals surface area contributed by atoms with Gasteiger partial charge in [0.1, 0.15) is 6.61 Å². The molecule has 1 aromatic carbocycles. The van der Waals surface area contributed by atoms with E-state index in [9.17, 15) is 14.3 Å². The zero-order valence-corrected chi connectivity index (χ0v) is 8.44. The number of hydrogen-bond donors (Lipinski definition) is 1. The van der Waals surface area contributed by atoms with Crippen LogP contribution < -0.4 is 4.74 Å². The van der Waals surface area contributed by atoms with Crippen molar-refractivity contribution in [2.75, 3.05) is 6.61 Å². The van der Waals surface area contributed by atoms with Crippen LogP contribution in [0.15, 0.2) is 18.2 Å². The molecule has 0 aliphatic rings. The van der Waals surface area contributed by atoms with Crippen LogP contribution in [0.3, 0.4) is 0 Å². The molecule has 1 rings (SSSR count). The first-order valence-corrected chi connectivity index (χ1v) is 4.73. The normalized spacial score (nSPS) is 12.2. The minimum absolute atomic E-state index is 0.0156. The van der Waals surface area contributed by atoms with Crippen LogP contribution in [0.2, 0.25) is 0 Å². The second kappa shape index (κ2) is 5.46. The molecule has 0 fully saturated rings. The number of hydrogen-bond acceptors (Lipinski definition) is 3. The van der Waals surface area contributed by atoms with E-state index in [0.717, 1.165) is 0 Å². The molecular weight excluding hydrogens is 199 g/mol. The van der Waals surface area contributed by atoms with Gasteiger partial charge in [0.25, 0.3) is 0 Å². The van der Waals surface area contributed by atoms with E-state index in [1.165, 1.54) is 18.2 Å². The Balaban J connectivity index is 2.78. The average molecular weight is 212 g/mol. The first-order chi connectivity index (χ1) is 7.19. The first-order valence-electron chi connectivity index (χ1n) is 4.73. The Labute approximate surface area is 87.5 Å². The van der Waals surface area contributed by atoms with Crippen molar-refractivity contribution in [3.05, 3.63) is 29.6 Å². The smallest absolute Gasteiger partial charge is 0.165 e. The molecule has 0 bridgehead atoms. The van der Waals surface area contributed by atoms with Crippen LogP contribution in [-0.4, -0.2) is 24.1 Å². The SMILES string of the molecule is CCC(O)COc1c(F)cccc1C=O. The van der Waals surface area contributed by atoms with Crippen molar-refractivity contribution in [3.8, 4) is 5.75 Å². The number of carbonyl (C=O) groups is 1. The lowest BCUT2D eigenvalue weighted by Gasteiger charge is -2.12. The van der Waals surface area contributed by atoms with Crippen LogP contribution in [0.5, 0.6) is 5.75 Å². The molecule has 0 aromatic heterocycles. The third-order valence-corrected chi connectivity index (χ3v) is 2.02. The Bertz CT molecular complexity index is 339. The molecule has 0 aliphatic heterocycles. The topological polar surface area (TPSA) is 46.5 Å². The van der Waals surface area contributed by atoms with Crippen LogP contribution in [0.25, 0.3) is 0 Å². The molecule has 1 aromatic rings. The van der Waals surface area contributed by atoms with Gasteiger partial charge in [-0.3, -0.25) is 4.79 Å². The summed E-state index contributed by atoms with van der Waals surface area (Å²) in [4.78, 5) is 10.6. The number of halogens is 1. The molecule has 0 saturated carbocycles. The number of ether oxygens (including phenoxy) is 1. The Morgan fingerprint density at radius 2 is 2.33 bits per heavy atom. The minimum Gasteiger partial charge on any atom is -0.487 e. The molecule has 0 saturated heterocycles. The molecule has 0 heterocycles. The van der Waals surface area contributed by atoms with E-state index in [4.69, 9.17) is 4.74 Å². The maximum atomic E-state index is 13.2. The summed E-state index contributed by atoms with van der Waals surface area (Å²) in [5.74, 6) is -0.692. The van der Waals surface area contributed by atoms with Gasteiger partial charge >= 0.3 is 0 Å². The van der Waals surface area contributed by atoms with Gasteiger partial charge in [0, 0.05) is 0 Å². The third kappa shape index (κ3) is 3.02. The molecule has 0 amide bonds. The highest BCUT2D eigenvalue weighted by atomic mass is 19.1. The van der Waals surface area contributed by atoms with Crippen LogP contribution in [0.4, 0.5) is 4.39 Å². The number of carbonyl (C=O) groups excluding carboxylic acids is 1. The maximum absolute atomic E-state index is 13.2.